The molecule has 76 valence electrons. The molecule has 1 amide bonds. The van der Waals surface area contributed by atoms with Gasteiger partial charge in [-0.25, -0.2) is 4.98 Å². The Morgan fingerprint density at radius 3 is 2.87 bits per heavy atom. The van der Waals surface area contributed by atoms with Crippen LogP contribution < -0.4 is 5.32 Å². The predicted octanol–water partition coefficient (Wildman–Crippen LogP) is 2.32. The Morgan fingerprint density at radius 2 is 2.20 bits per heavy atom. The molecule has 0 unspecified atom stereocenters. The third-order valence-electron chi connectivity index (χ3n) is 1.86. The highest BCUT2D eigenvalue weighted by molar-refractivity contribution is 6.33. The molecule has 0 radical (unpaired) electrons. The maximum atomic E-state index is 11.6. The minimum absolute atomic E-state index is 0.263. The SMILES string of the molecule is O=C(Nc1ccccc1Cl)c1cnc[nH]1. The first-order valence-electron chi connectivity index (χ1n) is 4.31. The summed E-state index contributed by atoms with van der Waals surface area (Å²) in [5.74, 6) is -0.263. The summed E-state index contributed by atoms with van der Waals surface area (Å²) in [7, 11) is 0. The molecule has 1 aromatic heterocycles. The van der Waals surface area contributed by atoms with Crippen molar-refractivity contribution in [1.82, 2.24) is 9.97 Å². The van der Waals surface area contributed by atoms with Crippen molar-refractivity contribution in [3.63, 3.8) is 0 Å². The zero-order valence-electron chi connectivity index (χ0n) is 7.70. The van der Waals surface area contributed by atoms with Gasteiger partial charge in [0.05, 0.1) is 23.2 Å². The lowest BCUT2D eigenvalue weighted by molar-refractivity contribution is 0.102. The topological polar surface area (TPSA) is 57.8 Å². The maximum absolute atomic E-state index is 11.6. The Bertz CT molecular complexity index is 467. The number of rotatable bonds is 2. The highest BCUT2D eigenvalue weighted by atomic mass is 35.5. The molecule has 2 rings (SSSR count). The number of halogens is 1. The second kappa shape index (κ2) is 4.14. The quantitative estimate of drug-likeness (QED) is 0.818. The fourth-order valence-corrected chi connectivity index (χ4v) is 1.32. The molecule has 1 aromatic carbocycles. The van der Waals surface area contributed by atoms with E-state index in [0.29, 0.717) is 16.4 Å². The van der Waals surface area contributed by atoms with Crippen molar-refractivity contribution in [2.45, 2.75) is 0 Å². The van der Waals surface area contributed by atoms with E-state index in [4.69, 9.17) is 11.6 Å². The van der Waals surface area contributed by atoms with Gasteiger partial charge in [-0.05, 0) is 12.1 Å². The second-order valence-corrected chi connectivity index (χ2v) is 3.31. The molecule has 15 heavy (non-hydrogen) atoms. The smallest absolute Gasteiger partial charge is 0.273 e. The number of amides is 1. The highest BCUT2D eigenvalue weighted by Gasteiger charge is 2.08. The summed E-state index contributed by atoms with van der Waals surface area (Å²) in [6.07, 6.45) is 2.90. The molecule has 0 bridgehead atoms. The number of para-hydroxylation sites is 1. The van der Waals surface area contributed by atoms with Crippen LogP contribution in [0.25, 0.3) is 0 Å². The fourth-order valence-electron chi connectivity index (χ4n) is 1.13. The van der Waals surface area contributed by atoms with Gasteiger partial charge < -0.3 is 10.3 Å². The molecule has 4 nitrogen and oxygen atoms in total. The average Bonchev–Trinajstić information content (AvgIpc) is 2.74. The van der Waals surface area contributed by atoms with Crippen LogP contribution in [0.4, 0.5) is 5.69 Å². The van der Waals surface area contributed by atoms with Gasteiger partial charge in [0.25, 0.3) is 5.91 Å². The molecule has 0 spiro atoms. The Morgan fingerprint density at radius 1 is 1.40 bits per heavy atom. The molecule has 0 saturated carbocycles. The van der Waals surface area contributed by atoms with Crippen LogP contribution in [0.15, 0.2) is 36.8 Å². The van der Waals surface area contributed by atoms with Crippen LogP contribution >= 0.6 is 11.6 Å². The number of H-pyrrole nitrogens is 1. The van der Waals surface area contributed by atoms with Crippen molar-refractivity contribution < 1.29 is 4.79 Å². The van der Waals surface area contributed by atoms with Gasteiger partial charge in [0.15, 0.2) is 0 Å². The summed E-state index contributed by atoms with van der Waals surface area (Å²) in [5, 5.41) is 3.18. The number of benzene rings is 1. The van der Waals surface area contributed by atoms with Gasteiger partial charge in [-0.1, -0.05) is 23.7 Å². The normalized spacial score (nSPS) is 9.93. The van der Waals surface area contributed by atoms with Gasteiger partial charge in [-0.3, -0.25) is 4.79 Å². The lowest BCUT2D eigenvalue weighted by atomic mass is 10.3. The highest BCUT2D eigenvalue weighted by Crippen LogP contribution is 2.20. The van der Waals surface area contributed by atoms with Crippen molar-refractivity contribution in [1.29, 1.82) is 0 Å². The van der Waals surface area contributed by atoms with E-state index in [2.05, 4.69) is 15.3 Å². The van der Waals surface area contributed by atoms with E-state index in [1.165, 1.54) is 12.5 Å². The molecule has 2 aromatic rings. The lowest BCUT2D eigenvalue weighted by Crippen LogP contribution is -2.12. The van der Waals surface area contributed by atoms with Gasteiger partial charge in [-0.2, -0.15) is 0 Å². The minimum Gasteiger partial charge on any atom is -0.341 e. The average molecular weight is 222 g/mol. The van der Waals surface area contributed by atoms with Crippen molar-refractivity contribution >= 4 is 23.2 Å². The number of hydrogen-bond donors (Lipinski definition) is 2. The van der Waals surface area contributed by atoms with E-state index >= 15 is 0 Å². The first-order valence-corrected chi connectivity index (χ1v) is 4.69. The number of carbonyl (C=O) groups excluding carboxylic acids is 1. The van der Waals surface area contributed by atoms with Crippen LogP contribution in [0.3, 0.4) is 0 Å². The largest absolute Gasteiger partial charge is 0.341 e. The monoisotopic (exact) mass is 221 g/mol. The van der Waals surface area contributed by atoms with Gasteiger partial charge in [0.1, 0.15) is 5.69 Å². The second-order valence-electron chi connectivity index (χ2n) is 2.90. The third kappa shape index (κ3) is 2.16. The molecule has 0 fully saturated rings. The Kier molecular flexibility index (Phi) is 2.69. The summed E-state index contributed by atoms with van der Waals surface area (Å²) in [5.41, 5.74) is 0.980. The van der Waals surface area contributed by atoms with Gasteiger partial charge in [-0.15, -0.1) is 0 Å². The van der Waals surface area contributed by atoms with Gasteiger partial charge >= 0.3 is 0 Å². The first kappa shape index (κ1) is 9.73. The van der Waals surface area contributed by atoms with Crippen LogP contribution in [-0.2, 0) is 0 Å². The molecule has 0 aliphatic carbocycles. The van der Waals surface area contributed by atoms with Crippen LogP contribution in [0.2, 0.25) is 5.02 Å². The van der Waals surface area contributed by atoms with Crippen molar-refractivity contribution in [3.8, 4) is 0 Å². The van der Waals surface area contributed by atoms with Crippen molar-refractivity contribution in [2.24, 2.45) is 0 Å². The number of hydrogen-bond acceptors (Lipinski definition) is 2. The Hall–Kier alpha value is -1.81. The first-order chi connectivity index (χ1) is 7.27. The molecule has 0 saturated heterocycles. The third-order valence-corrected chi connectivity index (χ3v) is 2.19. The Labute approximate surface area is 91.3 Å². The van der Waals surface area contributed by atoms with Crippen LogP contribution in [-0.4, -0.2) is 15.9 Å². The molecule has 1 heterocycles. The predicted molar refractivity (Wildman–Crippen MR) is 58.0 cm³/mol. The van der Waals surface area contributed by atoms with Crippen molar-refractivity contribution in [3.05, 3.63) is 47.5 Å². The van der Waals surface area contributed by atoms with E-state index in [9.17, 15) is 4.79 Å². The fraction of sp³-hybridized carbons (Fsp3) is 0. The van der Waals surface area contributed by atoms with Crippen LogP contribution in [0, 0.1) is 0 Å². The molecule has 0 atom stereocenters. The standard InChI is InChI=1S/C10H8ClN3O/c11-7-3-1-2-4-8(7)14-10(15)9-5-12-6-13-9/h1-6H,(H,12,13)(H,14,15). The zero-order chi connectivity index (χ0) is 10.7. The van der Waals surface area contributed by atoms with Crippen LogP contribution in [0.5, 0.6) is 0 Å². The van der Waals surface area contributed by atoms with Crippen molar-refractivity contribution in [2.75, 3.05) is 5.32 Å². The van der Waals surface area contributed by atoms with Gasteiger partial charge in [0.2, 0.25) is 0 Å². The van der Waals surface area contributed by atoms with E-state index in [0.717, 1.165) is 0 Å². The number of imidazole rings is 1. The summed E-state index contributed by atoms with van der Waals surface area (Å²) in [4.78, 5) is 18.1. The summed E-state index contributed by atoms with van der Waals surface area (Å²) in [6.45, 7) is 0. The van der Waals surface area contributed by atoms with E-state index in [1.54, 1.807) is 24.3 Å². The maximum Gasteiger partial charge on any atom is 0.273 e. The van der Waals surface area contributed by atoms with E-state index < -0.39 is 0 Å². The molecular formula is C10H8ClN3O. The summed E-state index contributed by atoms with van der Waals surface area (Å²) < 4.78 is 0. The number of nitrogens with zero attached hydrogens (tertiary/aromatic N) is 1. The summed E-state index contributed by atoms with van der Waals surface area (Å²) >= 11 is 5.89. The van der Waals surface area contributed by atoms with E-state index in [1.807, 2.05) is 0 Å². The zero-order valence-corrected chi connectivity index (χ0v) is 8.45. The molecule has 0 aliphatic rings. The van der Waals surface area contributed by atoms with E-state index in [-0.39, 0.29) is 5.91 Å². The number of anilines is 1. The van der Waals surface area contributed by atoms with Crippen LogP contribution in [0.1, 0.15) is 10.5 Å². The number of nitrogens with one attached hydrogen (secondary N) is 2. The molecule has 0 aliphatic heterocycles. The summed E-state index contributed by atoms with van der Waals surface area (Å²) in [6, 6.07) is 7.05. The number of aromatic nitrogens is 2. The minimum atomic E-state index is -0.263. The van der Waals surface area contributed by atoms with Gasteiger partial charge in [0, 0.05) is 0 Å². The lowest BCUT2D eigenvalue weighted by Gasteiger charge is -2.04. The number of carbonyl (C=O) groups is 1. The molecule has 5 heteroatoms. The molecular weight excluding hydrogens is 214 g/mol. The molecule has 2 N–H and O–H groups in total. The Balaban J connectivity index is 2.17. The number of aromatic amines is 1.